The Hall–Kier alpha value is -2.97. The fraction of sp³-hybridized carbons (Fsp3) is 0.385. The van der Waals surface area contributed by atoms with Gasteiger partial charge in [0.2, 0.25) is 6.29 Å². The lowest BCUT2D eigenvalue weighted by Gasteiger charge is -2.37. The van der Waals surface area contributed by atoms with Crippen molar-refractivity contribution >= 4 is 28.8 Å². The summed E-state index contributed by atoms with van der Waals surface area (Å²) in [6, 6.07) is 13.3. The Morgan fingerprint density at radius 3 is 2.56 bits per heavy atom. The second-order valence-corrected chi connectivity index (χ2v) is 10.3. The standard InChI is InChI=1S/C26H27NO6S/c1-4-31-23(28)21-20-24(32-5-2)33-25(29)26(20,34(30)18-12-10-16(3)11-13-18)22-19-9-7-6-8-17(19)14-15-27(21)22/h6-15,20-22,24H,4-5H2,1-3H3/t20-,21-,22+,24+,26-,34?/m1/s1. The Balaban J connectivity index is 1.77. The minimum Gasteiger partial charge on any atom is -0.464 e. The Morgan fingerprint density at radius 2 is 1.85 bits per heavy atom. The van der Waals surface area contributed by atoms with Crippen LogP contribution < -0.4 is 0 Å². The zero-order chi connectivity index (χ0) is 24.0. The fourth-order valence-corrected chi connectivity index (χ4v) is 7.37. The highest BCUT2D eigenvalue weighted by Crippen LogP contribution is 2.60. The van der Waals surface area contributed by atoms with Crippen LogP contribution in [0.5, 0.6) is 0 Å². The number of aryl methyl sites for hydroxylation is 1. The average molecular weight is 482 g/mol. The lowest BCUT2D eigenvalue weighted by molar-refractivity contribution is -0.175. The van der Waals surface area contributed by atoms with E-state index in [9.17, 15) is 13.8 Å². The minimum absolute atomic E-state index is 0.184. The lowest BCUT2D eigenvalue weighted by atomic mass is 9.83. The molecule has 3 aliphatic rings. The maximum atomic E-state index is 14.5. The highest BCUT2D eigenvalue weighted by Gasteiger charge is 2.76. The molecule has 0 bridgehead atoms. The predicted molar refractivity (Wildman–Crippen MR) is 126 cm³/mol. The molecule has 0 aromatic heterocycles. The first kappa shape index (κ1) is 22.8. The lowest BCUT2D eigenvalue weighted by Crippen LogP contribution is -2.50. The summed E-state index contributed by atoms with van der Waals surface area (Å²) in [4.78, 5) is 29.5. The molecule has 0 radical (unpaired) electrons. The van der Waals surface area contributed by atoms with E-state index >= 15 is 0 Å². The van der Waals surface area contributed by atoms with Crippen molar-refractivity contribution in [2.24, 2.45) is 5.92 Å². The summed E-state index contributed by atoms with van der Waals surface area (Å²) in [5, 5.41) is 0. The van der Waals surface area contributed by atoms with Crippen LogP contribution >= 0.6 is 0 Å². The first-order valence-corrected chi connectivity index (χ1v) is 12.6. The molecular formula is C26H27NO6S. The van der Waals surface area contributed by atoms with Gasteiger partial charge in [0, 0.05) is 17.7 Å². The van der Waals surface area contributed by atoms with Gasteiger partial charge in [-0.15, -0.1) is 0 Å². The van der Waals surface area contributed by atoms with Crippen molar-refractivity contribution in [3.8, 4) is 0 Å². The number of fused-ring (bicyclic) bond motifs is 5. The monoisotopic (exact) mass is 481 g/mol. The molecule has 34 heavy (non-hydrogen) atoms. The van der Waals surface area contributed by atoms with Gasteiger partial charge in [0.15, 0.2) is 4.75 Å². The predicted octanol–water partition coefficient (Wildman–Crippen LogP) is 3.35. The summed E-state index contributed by atoms with van der Waals surface area (Å²) in [5.74, 6) is -1.95. The number of hydrogen-bond acceptors (Lipinski definition) is 7. The van der Waals surface area contributed by atoms with Gasteiger partial charge >= 0.3 is 11.9 Å². The quantitative estimate of drug-likeness (QED) is 0.585. The van der Waals surface area contributed by atoms with Crippen molar-refractivity contribution in [2.75, 3.05) is 13.2 Å². The van der Waals surface area contributed by atoms with Crippen molar-refractivity contribution in [3.63, 3.8) is 0 Å². The highest BCUT2D eigenvalue weighted by atomic mass is 32.2. The third-order valence-corrected chi connectivity index (χ3v) is 8.79. The van der Waals surface area contributed by atoms with Crippen LogP contribution in [0.15, 0.2) is 59.6 Å². The normalized spacial score (nSPS) is 29.7. The topological polar surface area (TPSA) is 82.1 Å². The van der Waals surface area contributed by atoms with Crippen LogP contribution in [-0.2, 0) is 34.6 Å². The first-order valence-electron chi connectivity index (χ1n) is 11.5. The number of ether oxygens (including phenoxy) is 3. The molecule has 1 unspecified atom stereocenters. The molecule has 0 amide bonds. The number of cyclic esters (lactones) is 1. The van der Waals surface area contributed by atoms with Gasteiger partial charge in [0.05, 0.1) is 29.4 Å². The van der Waals surface area contributed by atoms with Crippen molar-refractivity contribution in [2.45, 2.75) is 48.8 Å². The maximum absolute atomic E-state index is 14.5. The van der Waals surface area contributed by atoms with Gasteiger partial charge in [-0.05, 0) is 50.1 Å². The van der Waals surface area contributed by atoms with E-state index in [-0.39, 0.29) is 13.2 Å². The zero-order valence-electron chi connectivity index (χ0n) is 19.3. The molecule has 2 aromatic rings. The molecule has 0 saturated carbocycles. The van der Waals surface area contributed by atoms with E-state index in [0.29, 0.717) is 4.90 Å². The maximum Gasteiger partial charge on any atom is 0.330 e. The molecular weight excluding hydrogens is 454 g/mol. The molecule has 2 aromatic carbocycles. The van der Waals surface area contributed by atoms with E-state index in [1.54, 1.807) is 32.2 Å². The number of carbonyl (C=O) groups excluding carboxylic acids is 2. The van der Waals surface area contributed by atoms with E-state index in [1.807, 2.05) is 54.3 Å². The third-order valence-electron chi connectivity index (χ3n) is 6.81. The van der Waals surface area contributed by atoms with Crippen LogP contribution in [0.25, 0.3) is 6.08 Å². The molecule has 3 heterocycles. The van der Waals surface area contributed by atoms with Crippen LogP contribution in [-0.4, -0.2) is 51.3 Å². The van der Waals surface area contributed by atoms with E-state index in [4.69, 9.17) is 14.2 Å². The van der Waals surface area contributed by atoms with Crippen LogP contribution in [0, 0.1) is 12.8 Å². The Morgan fingerprint density at radius 1 is 1.12 bits per heavy atom. The summed E-state index contributed by atoms with van der Waals surface area (Å²) in [6.45, 7) is 5.93. The van der Waals surface area contributed by atoms with Crippen LogP contribution in [0.2, 0.25) is 0 Å². The molecule has 178 valence electrons. The molecule has 3 aliphatic heterocycles. The molecule has 2 fully saturated rings. The van der Waals surface area contributed by atoms with Gasteiger partial charge in [-0.2, -0.15) is 0 Å². The van der Waals surface area contributed by atoms with Gasteiger partial charge < -0.3 is 19.1 Å². The van der Waals surface area contributed by atoms with Gasteiger partial charge in [0.25, 0.3) is 0 Å². The number of esters is 2. The number of nitrogens with zero attached hydrogens (tertiary/aromatic N) is 1. The summed E-state index contributed by atoms with van der Waals surface area (Å²) >= 11 is 0. The van der Waals surface area contributed by atoms with Gasteiger partial charge in [-0.3, -0.25) is 9.00 Å². The summed E-state index contributed by atoms with van der Waals surface area (Å²) < 4.78 is 29.9. The van der Waals surface area contributed by atoms with Crippen LogP contribution in [0.1, 0.15) is 36.6 Å². The Kier molecular flexibility index (Phi) is 5.81. The zero-order valence-corrected chi connectivity index (χ0v) is 20.1. The number of hydrogen-bond donors (Lipinski definition) is 0. The summed E-state index contributed by atoms with van der Waals surface area (Å²) in [6.07, 6.45) is 2.69. The summed E-state index contributed by atoms with van der Waals surface area (Å²) in [5.41, 5.74) is 2.73. The molecule has 8 heteroatoms. The van der Waals surface area contributed by atoms with Crippen LogP contribution in [0.3, 0.4) is 0 Å². The molecule has 2 saturated heterocycles. The third kappa shape index (κ3) is 3.15. The molecule has 7 nitrogen and oxygen atoms in total. The molecule has 0 aliphatic carbocycles. The first-order chi connectivity index (χ1) is 16.4. The molecule has 0 N–H and O–H groups in total. The van der Waals surface area contributed by atoms with E-state index in [2.05, 4.69) is 0 Å². The van der Waals surface area contributed by atoms with Crippen molar-refractivity contribution < 1.29 is 28.0 Å². The van der Waals surface area contributed by atoms with E-state index in [0.717, 1.165) is 16.7 Å². The number of benzene rings is 2. The smallest absolute Gasteiger partial charge is 0.330 e. The second kappa shape index (κ2) is 8.67. The second-order valence-electron chi connectivity index (χ2n) is 8.62. The number of carbonyl (C=O) groups is 2. The fourth-order valence-electron chi connectivity index (χ4n) is 5.46. The average Bonchev–Trinajstić information content (AvgIpc) is 3.30. The molecule has 6 atom stereocenters. The van der Waals surface area contributed by atoms with Crippen molar-refractivity contribution in [3.05, 3.63) is 71.4 Å². The Bertz CT molecular complexity index is 1180. The highest BCUT2D eigenvalue weighted by molar-refractivity contribution is 7.87. The van der Waals surface area contributed by atoms with Gasteiger partial charge in [-0.1, -0.05) is 42.0 Å². The van der Waals surface area contributed by atoms with Gasteiger partial charge in [0.1, 0.15) is 6.04 Å². The molecule has 5 rings (SSSR count). The van der Waals surface area contributed by atoms with Crippen molar-refractivity contribution in [1.29, 1.82) is 0 Å². The largest absolute Gasteiger partial charge is 0.464 e. The molecule has 0 spiro atoms. The number of rotatable bonds is 6. The minimum atomic E-state index is -1.85. The van der Waals surface area contributed by atoms with Crippen LogP contribution in [0.4, 0.5) is 0 Å². The van der Waals surface area contributed by atoms with E-state index < -0.39 is 51.8 Å². The van der Waals surface area contributed by atoms with Gasteiger partial charge in [-0.25, -0.2) is 4.79 Å². The summed E-state index contributed by atoms with van der Waals surface area (Å²) in [7, 11) is -1.85. The SMILES string of the molecule is CCOC(=O)[C@H]1[C@@H]2[C@@H](OCC)OC(=O)[C@]2(S(=O)c2ccc(C)cc2)[C@@H]2c3ccccc3C=CN21. The van der Waals surface area contributed by atoms with Crippen molar-refractivity contribution in [1.82, 2.24) is 4.90 Å². The Labute approximate surface area is 201 Å². The van der Waals surface area contributed by atoms with E-state index in [1.165, 1.54) is 0 Å².